The van der Waals surface area contributed by atoms with E-state index in [4.69, 9.17) is 11.6 Å². The molecule has 0 heterocycles. The highest BCUT2D eigenvalue weighted by Gasteiger charge is 2.33. The Labute approximate surface area is 230 Å². The van der Waals surface area contributed by atoms with Gasteiger partial charge in [-0.25, -0.2) is 8.42 Å². The minimum absolute atomic E-state index is 0.0439. The van der Waals surface area contributed by atoms with Gasteiger partial charge in [-0.1, -0.05) is 72.6 Å². The molecule has 0 aliphatic carbocycles. The third kappa shape index (κ3) is 7.36. The first-order valence-electron chi connectivity index (χ1n) is 12.5. The Morgan fingerprint density at radius 3 is 2.18 bits per heavy atom. The first-order chi connectivity index (χ1) is 18.0. The standard InChI is InChI=1S/C29H34ClN3O4S/c1-5-27(29(35)31-21(2)3)32(19-23-16-14-22(4)15-17-23)28(34)20-33(25-11-9-10-24(30)18-25)38(36,37)26-12-7-6-8-13-26/h6-18,21,27H,5,19-20H2,1-4H3,(H,31,35)/t27-/m0/s1. The summed E-state index contributed by atoms with van der Waals surface area (Å²) in [6.45, 7) is 7.14. The second-order valence-electron chi connectivity index (χ2n) is 9.40. The molecule has 0 spiro atoms. The number of rotatable bonds is 11. The van der Waals surface area contributed by atoms with Crippen molar-refractivity contribution in [2.75, 3.05) is 10.8 Å². The maximum Gasteiger partial charge on any atom is 0.264 e. The maximum absolute atomic E-state index is 14.0. The SMILES string of the molecule is CC[C@@H](C(=O)NC(C)C)N(Cc1ccc(C)cc1)C(=O)CN(c1cccc(Cl)c1)S(=O)(=O)c1ccccc1. The molecule has 1 atom stereocenters. The number of carbonyl (C=O) groups excluding carboxylic acids is 2. The number of hydrogen-bond donors (Lipinski definition) is 1. The number of nitrogens with zero attached hydrogens (tertiary/aromatic N) is 2. The Morgan fingerprint density at radius 1 is 0.947 bits per heavy atom. The van der Waals surface area contributed by atoms with Crippen LogP contribution < -0.4 is 9.62 Å². The summed E-state index contributed by atoms with van der Waals surface area (Å²) in [5, 5.41) is 3.23. The molecule has 0 unspecified atom stereocenters. The number of aryl methyl sites for hydroxylation is 1. The van der Waals surface area contributed by atoms with Gasteiger partial charge < -0.3 is 10.2 Å². The number of nitrogens with one attached hydrogen (secondary N) is 1. The van der Waals surface area contributed by atoms with Crippen LogP contribution >= 0.6 is 11.6 Å². The highest BCUT2D eigenvalue weighted by molar-refractivity contribution is 7.92. The lowest BCUT2D eigenvalue weighted by atomic mass is 10.1. The van der Waals surface area contributed by atoms with Crippen LogP contribution in [0, 0.1) is 6.92 Å². The zero-order chi connectivity index (χ0) is 27.9. The largest absolute Gasteiger partial charge is 0.352 e. The van der Waals surface area contributed by atoms with Crippen LogP contribution in [0.15, 0.2) is 83.8 Å². The van der Waals surface area contributed by atoms with Crippen molar-refractivity contribution in [3.63, 3.8) is 0 Å². The molecule has 0 fully saturated rings. The van der Waals surface area contributed by atoms with Crippen molar-refractivity contribution in [1.82, 2.24) is 10.2 Å². The zero-order valence-electron chi connectivity index (χ0n) is 22.1. The second-order valence-corrected chi connectivity index (χ2v) is 11.7. The molecule has 0 bridgehead atoms. The van der Waals surface area contributed by atoms with Gasteiger partial charge in [-0.3, -0.25) is 13.9 Å². The molecule has 0 saturated carbocycles. The molecule has 9 heteroatoms. The number of carbonyl (C=O) groups is 2. The third-order valence-corrected chi connectivity index (χ3v) is 8.02. The average Bonchev–Trinajstić information content (AvgIpc) is 2.88. The number of sulfonamides is 1. The molecule has 0 aliphatic heterocycles. The molecule has 0 saturated heterocycles. The normalized spacial score (nSPS) is 12.2. The molecule has 7 nitrogen and oxygen atoms in total. The Bertz CT molecular complexity index is 1350. The molecule has 0 aromatic heterocycles. The molecule has 0 aliphatic rings. The minimum Gasteiger partial charge on any atom is -0.352 e. The fourth-order valence-electron chi connectivity index (χ4n) is 4.07. The van der Waals surface area contributed by atoms with E-state index in [-0.39, 0.29) is 29.1 Å². The smallest absolute Gasteiger partial charge is 0.264 e. The fraction of sp³-hybridized carbons (Fsp3) is 0.310. The van der Waals surface area contributed by atoms with Crippen LogP contribution in [0.25, 0.3) is 0 Å². The number of halogens is 1. The van der Waals surface area contributed by atoms with Gasteiger partial charge in [-0.2, -0.15) is 0 Å². The molecular formula is C29H34ClN3O4S. The van der Waals surface area contributed by atoms with Gasteiger partial charge in [0.05, 0.1) is 10.6 Å². The quantitative estimate of drug-likeness (QED) is 0.353. The summed E-state index contributed by atoms with van der Waals surface area (Å²) in [4.78, 5) is 28.6. The van der Waals surface area contributed by atoms with Crippen molar-refractivity contribution in [2.24, 2.45) is 0 Å². The Hall–Kier alpha value is -3.36. The van der Waals surface area contributed by atoms with Crippen LogP contribution in [-0.2, 0) is 26.2 Å². The predicted molar refractivity (Wildman–Crippen MR) is 152 cm³/mol. The number of benzene rings is 3. The van der Waals surface area contributed by atoms with Crippen molar-refractivity contribution in [1.29, 1.82) is 0 Å². The van der Waals surface area contributed by atoms with Crippen molar-refractivity contribution < 1.29 is 18.0 Å². The van der Waals surface area contributed by atoms with Crippen LogP contribution in [0.3, 0.4) is 0 Å². The number of anilines is 1. The zero-order valence-corrected chi connectivity index (χ0v) is 23.7. The monoisotopic (exact) mass is 555 g/mol. The van der Waals surface area contributed by atoms with E-state index < -0.39 is 28.5 Å². The molecule has 3 aromatic carbocycles. The van der Waals surface area contributed by atoms with Crippen molar-refractivity contribution >= 4 is 39.1 Å². The van der Waals surface area contributed by atoms with Gasteiger partial charge >= 0.3 is 0 Å². The molecule has 3 rings (SSSR count). The van der Waals surface area contributed by atoms with E-state index in [2.05, 4.69) is 5.32 Å². The van der Waals surface area contributed by atoms with Crippen LogP contribution in [0.2, 0.25) is 5.02 Å². The Kier molecular flexibility index (Phi) is 9.94. The molecule has 202 valence electrons. The lowest BCUT2D eigenvalue weighted by Gasteiger charge is -2.33. The molecular weight excluding hydrogens is 522 g/mol. The molecule has 1 N–H and O–H groups in total. The van der Waals surface area contributed by atoms with Gasteiger partial charge in [0.2, 0.25) is 11.8 Å². The highest BCUT2D eigenvalue weighted by Crippen LogP contribution is 2.27. The van der Waals surface area contributed by atoms with Gasteiger partial charge in [-0.05, 0) is 63.1 Å². The van der Waals surface area contributed by atoms with E-state index in [0.29, 0.717) is 11.4 Å². The van der Waals surface area contributed by atoms with Crippen molar-refractivity contribution in [2.45, 2.75) is 57.6 Å². The van der Waals surface area contributed by atoms with Crippen molar-refractivity contribution in [3.8, 4) is 0 Å². The predicted octanol–water partition coefficient (Wildman–Crippen LogP) is 5.18. The first kappa shape index (κ1) is 29.2. The lowest BCUT2D eigenvalue weighted by Crippen LogP contribution is -2.53. The van der Waals surface area contributed by atoms with Crippen molar-refractivity contribution in [3.05, 3.63) is 95.0 Å². The molecule has 3 aromatic rings. The van der Waals surface area contributed by atoms with Gasteiger partial charge in [-0.15, -0.1) is 0 Å². The Balaban J connectivity index is 2.05. The fourth-order valence-corrected chi connectivity index (χ4v) is 5.68. The van der Waals surface area contributed by atoms with Gasteiger partial charge in [0.15, 0.2) is 0 Å². The first-order valence-corrected chi connectivity index (χ1v) is 14.3. The number of hydrogen-bond acceptors (Lipinski definition) is 4. The highest BCUT2D eigenvalue weighted by atomic mass is 35.5. The van der Waals surface area contributed by atoms with E-state index in [0.717, 1.165) is 15.4 Å². The van der Waals surface area contributed by atoms with Crippen LogP contribution in [0.4, 0.5) is 5.69 Å². The van der Waals surface area contributed by atoms with Crippen LogP contribution in [-0.4, -0.2) is 43.8 Å². The summed E-state index contributed by atoms with van der Waals surface area (Å²) in [6.07, 6.45) is 0.360. The summed E-state index contributed by atoms with van der Waals surface area (Å²) < 4.78 is 28.5. The van der Waals surface area contributed by atoms with E-state index in [9.17, 15) is 18.0 Å². The topological polar surface area (TPSA) is 86.8 Å². The summed E-state index contributed by atoms with van der Waals surface area (Å²) in [5.74, 6) is -0.793. The summed E-state index contributed by atoms with van der Waals surface area (Å²) in [5.41, 5.74) is 2.15. The van der Waals surface area contributed by atoms with E-state index in [1.54, 1.807) is 36.4 Å². The van der Waals surface area contributed by atoms with E-state index in [1.165, 1.54) is 23.1 Å². The van der Waals surface area contributed by atoms with Gasteiger partial charge in [0.1, 0.15) is 12.6 Å². The second kappa shape index (κ2) is 12.9. The summed E-state index contributed by atoms with van der Waals surface area (Å²) in [6, 6.07) is 21.0. The lowest BCUT2D eigenvalue weighted by molar-refractivity contribution is -0.140. The van der Waals surface area contributed by atoms with E-state index in [1.807, 2.05) is 52.0 Å². The summed E-state index contributed by atoms with van der Waals surface area (Å²) >= 11 is 6.20. The van der Waals surface area contributed by atoms with Gasteiger partial charge in [0, 0.05) is 17.6 Å². The summed E-state index contributed by atoms with van der Waals surface area (Å²) in [7, 11) is -4.12. The van der Waals surface area contributed by atoms with Crippen LogP contribution in [0.1, 0.15) is 38.3 Å². The maximum atomic E-state index is 14.0. The molecule has 2 amide bonds. The Morgan fingerprint density at radius 2 is 1.61 bits per heavy atom. The molecule has 0 radical (unpaired) electrons. The number of amides is 2. The third-order valence-electron chi connectivity index (χ3n) is 6.00. The van der Waals surface area contributed by atoms with Crippen LogP contribution in [0.5, 0.6) is 0 Å². The minimum atomic E-state index is -4.12. The van der Waals surface area contributed by atoms with Gasteiger partial charge in [0.25, 0.3) is 10.0 Å². The molecule has 38 heavy (non-hydrogen) atoms. The average molecular weight is 556 g/mol. The van der Waals surface area contributed by atoms with E-state index >= 15 is 0 Å².